The van der Waals surface area contributed by atoms with Crippen molar-refractivity contribution in [2.45, 2.75) is 0 Å². The maximum Gasteiger partial charge on any atom is 0.0967 e. The number of aromatic nitrogens is 3. The summed E-state index contributed by atoms with van der Waals surface area (Å²) in [5, 5.41) is 5.40. The van der Waals surface area contributed by atoms with E-state index in [1.54, 1.807) is 0 Å². The Morgan fingerprint density at radius 1 is 0.389 bits per heavy atom. The van der Waals surface area contributed by atoms with Crippen molar-refractivity contribution in [2.24, 2.45) is 0 Å². The van der Waals surface area contributed by atoms with Crippen LogP contribution in [0.2, 0.25) is 0 Å². The van der Waals surface area contributed by atoms with E-state index in [9.17, 15) is 0 Å². The molecule has 0 amide bonds. The Morgan fingerprint density at radius 3 is 1.07 bits per heavy atom. The molecule has 0 atom stereocenters. The molecule has 3 heterocycles. The van der Waals surface area contributed by atoms with Gasteiger partial charge in [-0.3, -0.25) is 9.97 Å². The Labute approximate surface area is 329 Å². The van der Waals surface area contributed by atoms with Gasteiger partial charge in [0.05, 0.1) is 44.3 Å². The van der Waals surface area contributed by atoms with Crippen molar-refractivity contribution in [1.82, 2.24) is 15.0 Å². The van der Waals surface area contributed by atoms with Gasteiger partial charge in [-0.05, 0) is 59.7 Å². The minimum atomic E-state index is -0.976. The lowest BCUT2D eigenvalue weighted by atomic mass is 10.0. The Balaban J connectivity index is 0.00000145. The highest BCUT2D eigenvalue weighted by Crippen LogP contribution is 2.57. The van der Waals surface area contributed by atoms with Crippen molar-refractivity contribution < 1.29 is 0 Å². The van der Waals surface area contributed by atoms with Crippen LogP contribution < -0.4 is 25.7 Å². The van der Waals surface area contributed by atoms with Gasteiger partial charge in [-0.2, -0.15) is 0 Å². The summed E-state index contributed by atoms with van der Waals surface area (Å²) < 4.78 is 2.70. The van der Waals surface area contributed by atoms with Crippen LogP contribution in [0.15, 0.2) is 207 Å². The fourth-order valence-electron chi connectivity index (χ4n) is 6.11. The van der Waals surface area contributed by atoms with Crippen molar-refractivity contribution in [3.8, 4) is 33.9 Å². The second-order valence-corrected chi connectivity index (χ2v) is 17.2. The minimum absolute atomic E-state index is 0.194. The van der Waals surface area contributed by atoms with Crippen LogP contribution in [-0.2, 0) is 0 Å². The fourth-order valence-corrected chi connectivity index (χ4v) is 12.1. The molecule has 0 unspecified atom stereocenters. The van der Waals surface area contributed by atoms with E-state index in [1.807, 2.05) is 48.8 Å². The molecule has 4 nitrogen and oxygen atoms in total. The third kappa shape index (κ3) is 8.93. The monoisotopic (exact) mass is 776 g/mol. The van der Waals surface area contributed by atoms with Gasteiger partial charge in [-0.25, -0.2) is 4.98 Å². The smallest absolute Gasteiger partial charge is 0.0967 e. The molecule has 5 aromatic carbocycles. The summed E-state index contributed by atoms with van der Waals surface area (Å²) in [6.45, 7) is 0. The van der Waals surface area contributed by atoms with Gasteiger partial charge in [-0.1, -0.05) is 146 Å². The van der Waals surface area contributed by atoms with Gasteiger partial charge in [0, 0.05) is 39.3 Å². The van der Waals surface area contributed by atoms with Crippen LogP contribution in [0.5, 0.6) is 0 Å². The van der Waals surface area contributed by atoms with Crippen molar-refractivity contribution in [1.29, 1.82) is 0 Å². The third-order valence-electron chi connectivity index (χ3n) is 8.49. The lowest BCUT2D eigenvalue weighted by Gasteiger charge is -2.40. The zero-order valence-electron chi connectivity index (χ0n) is 29.3. The van der Waals surface area contributed by atoms with Crippen LogP contribution in [-0.4, -0.2) is 20.3 Å². The van der Waals surface area contributed by atoms with Gasteiger partial charge in [0.1, 0.15) is 0 Å². The van der Waals surface area contributed by atoms with Gasteiger partial charge in [-0.15, -0.1) is 23.2 Å². The quantitative estimate of drug-likeness (QED) is 0.102. The summed E-state index contributed by atoms with van der Waals surface area (Å²) in [6.07, 6.45) is 3.62. The molecule has 0 N–H and O–H groups in total. The fraction of sp³-hybridized carbons (Fsp3) is 0.0217. The van der Waals surface area contributed by atoms with Gasteiger partial charge in [0.2, 0.25) is 0 Å². The Kier molecular flexibility index (Phi) is 12.9. The Morgan fingerprint density at radius 2 is 0.741 bits per heavy atom. The molecule has 0 bridgehead atoms. The number of hydrogen-bond donors (Lipinski definition) is 0. The molecule has 0 saturated carbocycles. The van der Waals surface area contributed by atoms with Crippen molar-refractivity contribution >= 4 is 66.3 Å². The highest BCUT2D eigenvalue weighted by molar-refractivity contribution is 7.90. The molecule has 0 radical (unpaired) electrons. The lowest BCUT2D eigenvalue weighted by Crippen LogP contribution is -2.31. The number of rotatable bonds is 10. The standard InChI is InChI=1S/C45H34N4P2.CH2Cl2/c1-5-17-38(18-6-1)50(39-19-7-2-8-20-39)49(51(40-21-9-3-10-22-40)41-23-11-4-12-24-41)37-29-27-35(28-30-37)36-33-44(42-25-13-15-31-46-42)48-45(34-36)43-26-14-16-32-47-43;2-1-3/h1-34H;1H2. The van der Waals surface area contributed by atoms with E-state index < -0.39 is 16.1 Å². The Bertz CT molecular complexity index is 2100. The summed E-state index contributed by atoms with van der Waals surface area (Å²) in [4.78, 5) is 14.2. The zero-order chi connectivity index (χ0) is 37.0. The van der Waals surface area contributed by atoms with E-state index in [-0.39, 0.29) is 5.34 Å². The largest absolute Gasteiger partial charge is 0.313 e. The highest BCUT2D eigenvalue weighted by Gasteiger charge is 2.32. The molecule has 0 aliphatic rings. The minimum Gasteiger partial charge on any atom is -0.313 e. The van der Waals surface area contributed by atoms with Crippen molar-refractivity contribution in [3.63, 3.8) is 0 Å². The van der Waals surface area contributed by atoms with Crippen molar-refractivity contribution in [3.05, 3.63) is 207 Å². The van der Waals surface area contributed by atoms with Crippen LogP contribution in [0.25, 0.3) is 33.9 Å². The van der Waals surface area contributed by atoms with Crippen molar-refractivity contribution in [2.75, 3.05) is 9.78 Å². The molecule has 54 heavy (non-hydrogen) atoms. The van der Waals surface area contributed by atoms with Crippen LogP contribution in [0.4, 0.5) is 5.69 Å². The maximum absolute atomic E-state index is 5.00. The van der Waals surface area contributed by atoms with E-state index in [0.29, 0.717) is 0 Å². The maximum atomic E-state index is 5.00. The van der Waals surface area contributed by atoms with E-state index in [2.05, 4.69) is 172 Å². The normalized spacial score (nSPS) is 10.8. The van der Waals surface area contributed by atoms with E-state index in [0.717, 1.165) is 33.9 Å². The number of nitrogens with zero attached hydrogens (tertiary/aromatic N) is 4. The number of alkyl halides is 2. The second kappa shape index (κ2) is 18.7. The Hall–Kier alpha value is -5.21. The second-order valence-electron chi connectivity index (χ2n) is 12.0. The first kappa shape index (κ1) is 37.1. The van der Waals surface area contributed by atoms with E-state index in [1.165, 1.54) is 26.9 Å². The van der Waals surface area contributed by atoms with E-state index in [4.69, 9.17) is 28.2 Å². The van der Waals surface area contributed by atoms with Gasteiger partial charge < -0.3 is 4.44 Å². The predicted octanol–water partition coefficient (Wildman–Crippen LogP) is 11.2. The lowest BCUT2D eigenvalue weighted by molar-refractivity contribution is 1.22. The highest BCUT2D eigenvalue weighted by atomic mass is 35.5. The molecule has 0 aliphatic carbocycles. The number of hydrogen-bond acceptors (Lipinski definition) is 4. The number of pyridine rings is 3. The summed E-state index contributed by atoms with van der Waals surface area (Å²) in [5.41, 5.74) is 6.61. The van der Waals surface area contributed by atoms with Gasteiger partial charge in [0.15, 0.2) is 0 Å². The molecule has 8 aromatic rings. The topological polar surface area (TPSA) is 41.9 Å². The first-order valence-corrected chi connectivity index (χ1v) is 21.1. The van der Waals surface area contributed by atoms with Crippen LogP contribution in [0.3, 0.4) is 0 Å². The molecular formula is C46H36Cl2N4P2. The average molecular weight is 778 g/mol. The van der Waals surface area contributed by atoms with E-state index >= 15 is 0 Å². The molecule has 0 spiro atoms. The third-order valence-corrected chi connectivity index (χ3v) is 13.9. The SMILES string of the molecule is ClCCl.c1ccc(P(c2ccccc2)N(c2ccc(-c3cc(-c4ccccn4)nc(-c4ccccn4)c3)cc2)P(c2ccccc2)c2ccccc2)cc1. The van der Waals surface area contributed by atoms with Crippen LogP contribution in [0, 0.1) is 0 Å². The summed E-state index contributed by atoms with van der Waals surface area (Å²) in [7, 11) is -1.95. The number of anilines is 1. The summed E-state index contributed by atoms with van der Waals surface area (Å²) >= 11 is 9.53. The van der Waals surface area contributed by atoms with Gasteiger partial charge >= 0.3 is 0 Å². The van der Waals surface area contributed by atoms with Crippen LogP contribution >= 0.6 is 39.3 Å². The number of benzene rings is 5. The molecule has 264 valence electrons. The van der Waals surface area contributed by atoms with Gasteiger partial charge in [0.25, 0.3) is 0 Å². The first-order chi connectivity index (χ1) is 26.7. The molecule has 3 aromatic heterocycles. The zero-order valence-corrected chi connectivity index (χ0v) is 32.6. The molecule has 0 saturated heterocycles. The molecular weight excluding hydrogens is 741 g/mol. The van der Waals surface area contributed by atoms with Crippen LogP contribution in [0.1, 0.15) is 0 Å². The number of halogens is 2. The molecule has 0 fully saturated rings. The predicted molar refractivity (Wildman–Crippen MR) is 233 cm³/mol. The molecule has 0 aliphatic heterocycles. The molecule has 8 heteroatoms. The summed E-state index contributed by atoms with van der Waals surface area (Å²) in [5.74, 6) is 0. The first-order valence-electron chi connectivity index (χ1n) is 17.4. The average Bonchev–Trinajstić information content (AvgIpc) is 3.26. The molecule has 8 rings (SSSR count). The summed E-state index contributed by atoms with van der Waals surface area (Å²) in [6, 6.07) is 69.1.